The van der Waals surface area contributed by atoms with Crippen molar-refractivity contribution >= 4 is 33.2 Å². The smallest absolute Gasteiger partial charge is 0.285 e. The highest BCUT2D eigenvalue weighted by molar-refractivity contribution is 7.93. The second-order valence-corrected chi connectivity index (χ2v) is 7.79. The summed E-state index contributed by atoms with van der Waals surface area (Å²) in [4.78, 5) is 27.7. The second kappa shape index (κ2) is 6.29. The van der Waals surface area contributed by atoms with E-state index in [9.17, 15) is 18.0 Å². The molecule has 0 bridgehead atoms. The van der Waals surface area contributed by atoms with Crippen LogP contribution in [0.2, 0.25) is 0 Å². The molecule has 0 radical (unpaired) electrons. The summed E-state index contributed by atoms with van der Waals surface area (Å²) >= 11 is 0. The van der Waals surface area contributed by atoms with Gasteiger partial charge in [-0.1, -0.05) is 26.0 Å². The van der Waals surface area contributed by atoms with Crippen molar-refractivity contribution in [3.05, 3.63) is 53.9 Å². The number of rotatable bonds is 5. The van der Waals surface area contributed by atoms with Crippen LogP contribution in [0.1, 0.15) is 35.8 Å². The number of fused-ring (bicyclic) bond motifs is 1. The number of Topliss-reactive ketones (excluding diaryl/α,β-unsaturated/α-hetero) is 1. The van der Waals surface area contributed by atoms with Crippen LogP contribution in [-0.4, -0.2) is 36.3 Å². The van der Waals surface area contributed by atoms with Crippen molar-refractivity contribution in [3.63, 3.8) is 0 Å². The highest BCUT2D eigenvalue weighted by Crippen LogP contribution is 2.18. The van der Waals surface area contributed by atoms with Gasteiger partial charge in [0.2, 0.25) is 15.8 Å². The molecule has 1 aromatic carbocycles. The van der Waals surface area contributed by atoms with Crippen molar-refractivity contribution in [1.82, 2.24) is 4.57 Å². The fourth-order valence-corrected chi connectivity index (χ4v) is 3.65. The van der Waals surface area contributed by atoms with Gasteiger partial charge in [0.15, 0.2) is 0 Å². The molecule has 1 aliphatic rings. The standard InChI is InChI=1S/C17H17N3O4S/c1-11(2)12-5-7-13(8-6-12)19-25(23,24)10-14-16(21)15-4-3-9-20(15)17(22)18-14/h3-9,11,19H,10H2,1-2H3. The molecular weight excluding hydrogens is 342 g/mol. The number of aromatic nitrogens is 1. The first-order valence-electron chi connectivity index (χ1n) is 7.71. The zero-order valence-electron chi connectivity index (χ0n) is 13.8. The average molecular weight is 359 g/mol. The van der Waals surface area contributed by atoms with Crippen molar-refractivity contribution in [3.8, 4) is 0 Å². The highest BCUT2D eigenvalue weighted by Gasteiger charge is 2.29. The maximum Gasteiger partial charge on any atom is 0.352 e. The van der Waals surface area contributed by atoms with Gasteiger partial charge < -0.3 is 0 Å². The van der Waals surface area contributed by atoms with E-state index in [0.29, 0.717) is 11.6 Å². The Labute approximate surface area is 145 Å². The summed E-state index contributed by atoms with van der Waals surface area (Å²) < 4.78 is 28.2. The molecule has 0 aliphatic carbocycles. The first-order valence-corrected chi connectivity index (χ1v) is 9.36. The molecule has 1 amide bonds. The highest BCUT2D eigenvalue weighted by atomic mass is 32.2. The van der Waals surface area contributed by atoms with E-state index < -0.39 is 27.6 Å². The number of sulfonamides is 1. The predicted octanol–water partition coefficient (Wildman–Crippen LogP) is 2.66. The summed E-state index contributed by atoms with van der Waals surface area (Å²) in [7, 11) is -3.87. The first-order chi connectivity index (χ1) is 11.8. The van der Waals surface area contributed by atoms with E-state index in [0.717, 1.165) is 10.1 Å². The Hall–Kier alpha value is -2.74. The number of nitrogens with zero attached hydrogens (tertiary/aromatic N) is 2. The van der Waals surface area contributed by atoms with Gasteiger partial charge in [-0.05, 0) is 35.7 Å². The number of carbonyl (C=O) groups is 2. The Morgan fingerprint density at radius 2 is 1.80 bits per heavy atom. The van der Waals surface area contributed by atoms with E-state index in [-0.39, 0.29) is 11.4 Å². The van der Waals surface area contributed by atoms with Crippen molar-refractivity contribution in [2.24, 2.45) is 4.99 Å². The van der Waals surface area contributed by atoms with Gasteiger partial charge in [0.25, 0.3) is 0 Å². The number of nitrogens with one attached hydrogen (secondary N) is 1. The third kappa shape index (κ3) is 3.53. The largest absolute Gasteiger partial charge is 0.352 e. The summed E-state index contributed by atoms with van der Waals surface area (Å²) in [6.07, 6.45) is 1.42. The Bertz CT molecular complexity index is 970. The minimum Gasteiger partial charge on any atom is -0.285 e. The average Bonchev–Trinajstić information content (AvgIpc) is 3.02. The minimum absolute atomic E-state index is 0.117. The molecule has 25 heavy (non-hydrogen) atoms. The van der Waals surface area contributed by atoms with Crippen LogP contribution in [0.5, 0.6) is 0 Å². The van der Waals surface area contributed by atoms with E-state index in [1.807, 2.05) is 26.0 Å². The molecule has 7 nitrogen and oxygen atoms in total. The maximum atomic E-state index is 12.3. The number of aliphatic imine (C=N–C) groups is 1. The van der Waals surface area contributed by atoms with Crippen molar-refractivity contribution in [1.29, 1.82) is 0 Å². The fourth-order valence-electron chi connectivity index (χ4n) is 2.53. The fraction of sp³-hybridized carbons (Fsp3) is 0.235. The van der Waals surface area contributed by atoms with Crippen LogP contribution >= 0.6 is 0 Å². The Morgan fingerprint density at radius 3 is 2.44 bits per heavy atom. The van der Waals surface area contributed by atoms with Gasteiger partial charge in [0, 0.05) is 11.9 Å². The van der Waals surface area contributed by atoms with Crippen LogP contribution in [0.15, 0.2) is 47.6 Å². The third-order valence-electron chi connectivity index (χ3n) is 3.86. The Morgan fingerprint density at radius 1 is 1.12 bits per heavy atom. The van der Waals surface area contributed by atoms with Crippen LogP contribution in [0, 0.1) is 0 Å². The van der Waals surface area contributed by atoms with Crippen LogP contribution in [0.25, 0.3) is 0 Å². The van der Waals surface area contributed by atoms with E-state index in [2.05, 4.69) is 9.71 Å². The van der Waals surface area contributed by atoms with E-state index in [4.69, 9.17) is 0 Å². The number of hydrogen-bond acceptors (Lipinski definition) is 4. The van der Waals surface area contributed by atoms with Gasteiger partial charge >= 0.3 is 6.03 Å². The van der Waals surface area contributed by atoms with Crippen molar-refractivity contribution in [2.75, 3.05) is 10.5 Å². The predicted molar refractivity (Wildman–Crippen MR) is 94.9 cm³/mol. The van der Waals surface area contributed by atoms with E-state index >= 15 is 0 Å². The van der Waals surface area contributed by atoms with Gasteiger partial charge in [-0.25, -0.2) is 13.2 Å². The van der Waals surface area contributed by atoms with Gasteiger partial charge in [-0.2, -0.15) is 4.99 Å². The molecule has 8 heteroatoms. The quantitative estimate of drug-likeness (QED) is 0.887. The lowest BCUT2D eigenvalue weighted by atomic mass is 10.0. The molecule has 2 aromatic rings. The maximum absolute atomic E-state index is 12.3. The molecule has 2 heterocycles. The SMILES string of the molecule is CC(C)c1ccc(NS(=O)(=O)CC2=NC(=O)n3cccc3C2=O)cc1. The zero-order chi connectivity index (χ0) is 18.2. The van der Waals surface area contributed by atoms with E-state index in [1.165, 1.54) is 18.3 Å². The van der Waals surface area contributed by atoms with Crippen LogP contribution < -0.4 is 4.72 Å². The first kappa shape index (κ1) is 17.1. The summed E-state index contributed by atoms with van der Waals surface area (Å²) in [6.45, 7) is 4.08. The van der Waals surface area contributed by atoms with Crippen molar-refractivity contribution in [2.45, 2.75) is 19.8 Å². The van der Waals surface area contributed by atoms with Gasteiger partial charge in [-0.3, -0.25) is 14.1 Å². The molecule has 0 unspecified atom stereocenters. The van der Waals surface area contributed by atoms with E-state index in [1.54, 1.807) is 12.1 Å². The number of ketones is 1. The molecule has 0 saturated carbocycles. The number of anilines is 1. The molecule has 1 aromatic heterocycles. The van der Waals surface area contributed by atoms with Gasteiger partial charge in [0.1, 0.15) is 11.5 Å². The lowest BCUT2D eigenvalue weighted by Crippen LogP contribution is -2.34. The Kier molecular flexibility index (Phi) is 4.30. The molecule has 3 rings (SSSR count). The zero-order valence-corrected chi connectivity index (χ0v) is 14.6. The van der Waals surface area contributed by atoms with Crippen LogP contribution in [0.4, 0.5) is 10.5 Å². The van der Waals surface area contributed by atoms with Gasteiger partial charge in [0.05, 0.1) is 5.69 Å². The number of benzene rings is 1. The number of amides is 1. The molecule has 1 N–H and O–H groups in total. The number of carbonyl (C=O) groups excluding carboxylic acids is 2. The van der Waals surface area contributed by atoms with Crippen molar-refractivity contribution < 1.29 is 18.0 Å². The lowest BCUT2D eigenvalue weighted by Gasteiger charge is -2.14. The monoisotopic (exact) mass is 359 g/mol. The normalized spacial score (nSPS) is 14.4. The lowest BCUT2D eigenvalue weighted by molar-refractivity contribution is 0.105. The molecule has 0 saturated heterocycles. The molecule has 0 fully saturated rings. The van der Waals surface area contributed by atoms with Gasteiger partial charge in [-0.15, -0.1) is 0 Å². The second-order valence-electron chi connectivity index (χ2n) is 6.07. The molecule has 130 valence electrons. The minimum atomic E-state index is -3.87. The third-order valence-corrected chi connectivity index (χ3v) is 5.06. The molecule has 1 aliphatic heterocycles. The molecule has 0 spiro atoms. The summed E-state index contributed by atoms with van der Waals surface area (Å²) in [5.74, 6) is -0.887. The summed E-state index contributed by atoms with van der Waals surface area (Å²) in [5, 5.41) is 0. The number of hydrogen-bond donors (Lipinski definition) is 1. The Balaban J connectivity index is 1.78. The van der Waals surface area contributed by atoms with Crippen LogP contribution in [-0.2, 0) is 10.0 Å². The molecule has 0 atom stereocenters. The topological polar surface area (TPSA) is 97.6 Å². The van der Waals surface area contributed by atoms with Crippen LogP contribution in [0.3, 0.4) is 0 Å². The summed E-state index contributed by atoms with van der Waals surface area (Å²) in [5.41, 5.74) is 1.30. The molecular formula is C17H17N3O4S. The summed E-state index contributed by atoms with van der Waals surface area (Å²) in [6, 6.07) is 9.31.